The first-order valence-electron chi connectivity index (χ1n) is 11.6. The highest BCUT2D eigenvalue weighted by molar-refractivity contribution is 6.32. The van der Waals surface area contributed by atoms with Crippen LogP contribution in [0.15, 0.2) is 71.7 Å². The van der Waals surface area contributed by atoms with Crippen molar-refractivity contribution in [2.24, 2.45) is 4.99 Å². The molecule has 6 nitrogen and oxygen atoms in total. The number of fused-ring (bicyclic) bond motifs is 1. The van der Waals surface area contributed by atoms with Gasteiger partial charge < -0.3 is 19.9 Å². The number of H-pyrrole nitrogens is 1. The van der Waals surface area contributed by atoms with Crippen molar-refractivity contribution in [1.29, 1.82) is 0 Å². The van der Waals surface area contributed by atoms with Crippen molar-refractivity contribution >= 4 is 57.1 Å². The Morgan fingerprint density at radius 1 is 0.944 bits per heavy atom. The Morgan fingerprint density at radius 2 is 1.61 bits per heavy atom. The van der Waals surface area contributed by atoms with Crippen LogP contribution in [0.5, 0.6) is 5.88 Å². The molecule has 0 saturated carbocycles. The molecule has 1 aromatic heterocycles. The molecule has 3 aromatic carbocycles. The van der Waals surface area contributed by atoms with E-state index in [1.165, 1.54) is 0 Å². The van der Waals surface area contributed by atoms with Gasteiger partial charge in [-0.3, -0.25) is 4.79 Å². The van der Waals surface area contributed by atoms with Crippen LogP contribution in [-0.2, 0) is 4.79 Å². The van der Waals surface area contributed by atoms with E-state index in [0.29, 0.717) is 39.1 Å². The predicted octanol–water partition coefficient (Wildman–Crippen LogP) is 6.65. The number of benzene rings is 3. The summed E-state index contributed by atoms with van der Waals surface area (Å²) in [6.45, 7) is 3.11. The van der Waals surface area contributed by atoms with E-state index in [1.54, 1.807) is 36.1 Å². The number of rotatable bonds is 8. The number of hydrogen-bond donors (Lipinski definition) is 2. The van der Waals surface area contributed by atoms with Crippen molar-refractivity contribution in [3.8, 4) is 5.88 Å². The van der Waals surface area contributed by atoms with Gasteiger partial charge in [-0.2, -0.15) is 0 Å². The number of aromatic amines is 1. The number of aliphatic imine (C=N–C) groups is 1. The zero-order valence-corrected chi connectivity index (χ0v) is 21.9. The molecule has 8 heteroatoms. The number of anilines is 1. The van der Waals surface area contributed by atoms with Gasteiger partial charge in [-0.05, 0) is 75.6 Å². The zero-order chi connectivity index (χ0) is 25.8. The summed E-state index contributed by atoms with van der Waals surface area (Å²) in [5, 5.41) is 12.8. The summed E-state index contributed by atoms with van der Waals surface area (Å²) in [6.07, 6.45) is 0.872. The van der Waals surface area contributed by atoms with Gasteiger partial charge in [-0.25, -0.2) is 4.99 Å². The Kier molecular flexibility index (Phi) is 7.99. The summed E-state index contributed by atoms with van der Waals surface area (Å²) in [5.41, 5.74) is 4.16. The predicted molar refractivity (Wildman–Crippen MR) is 149 cm³/mol. The van der Waals surface area contributed by atoms with Crippen LogP contribution in [0.4, 0.5) is 11.4 Å². The lowest BCUT2D eigenvalue weighted by Crippen LogP contribution is -2.31. The molecule has 4 aromatic rings. The fraction of sp³-hybridized carbons (Fsp3) is 0.214. The molecule has 1 amide bonds. The molecular weight excluding hydrogens is 495 g/mol. The van der Waals surface area contributed by atoms with Gasteiger partial charge in [0.2, 0.25) is 5.91 Å². The highest BCUT2D eigenvalue weighted by Gasteiger charge is 2.19. The van der Waals surface area contributed by atoms with Crippen molar-refractivity contribution in [2.75, 3.05) is 32.1 Å². The first-order valence-corrected chi connectivity index (χ1v) is 12.4. The number of carbonyl (C=O) groups is 1. The van der Waals surface area contributed by atoms with Crippen LogP contribution in [0.3, 0.4) is 0 Å². The van der Waals surface area contributed by atoms with E-state index in [4.69, 9.17) is 28.2 Å². The molecular formula is C28H28Cl2N4O2. The highest BCUT2D eigenvalue weighted by atomic mass is 35.5. The third kappa shape index (κ3) is 5.90. The largest absolute Gasteiger partial charge is 0.494 e. The maximum absolute atomic E-state index is 12.3. The minimum Gasteiger partial charge on any atom is -0.494 e. The van der Waals surface area contributed by atoms with Gasteiger partial charge in [0.25, 0.3) is 0 Å². The van der Waals surface area contributed by atoms with E-state index in [2.05, 4.69) is 9.88 Å². The normalized spacial score (nSPS) is 11.9. The summed E-state index contributed by atoms with van der Waals surface area (Å²) >= 11 is 12.3. The number of halogens is 2. The van der Waals surface area contributed by atoms with Crippen LogP contribution in [0, 0.1) is 0 Å². The monoisotopic (exact) mass is 522 g/mol. The van der Waals surface area contributed by atoms with Crippen LogP contribution in [-0.4, -0.2) is 53.8 Å². The van der Waals surface area contributed by atoms with Gasteiger partial charge in [0.1, 0.15) is 0 Å². The molecule has 186 valence electrons. The molecule has 4 rings (SSSR count). The molecule has 0 bridgehead atoms. The first-order chi connectivity index (χ1) is 17.2. The minimum atomic E-state index is -0.00534. The average molecular weight is 523 g/mol. The summed E-state index contributed by atoms with van der Waals surface area (Å²) in [4.78, 5) is 24.1. The van der Waals surface area contributed by atoms with E-state index in [0.717, 1.165) is 29.6 Å². The third-order valence-corrected chi connectivity index (χ3v) is 6.35. The standard InChI is InChI=1S/C28H28Cl2N4O2/c1-18(35)34(16-4-15-33(2)3)23-12-10-22(11-13-23)31-27(19-5-7-20(29)8-6-19)26-24-14-9-21(30)17-25(24)32-28(26)36/h5-14,17,32,36H,4,15-16H2,1-3H3. The molecule has 2 N–H and O–H groups in total. The highest BCUT2D eigenvalue weighted by Crippen LogP contribution is 2.33. The quantitative estimate of drug-likeness (QED) is 0.254. The van der Waals surface area contributed by atoms with Gasteiger partial charge in [-0.1, -0.05) is 41.4 Å². The van der Waals surface area contributed by atoms with Gasteiger partial charge >= 0.3 is 0 Å². The maximum atomic E-state index is 12.3. The molecule has 0 radical (unpaired) electrons. The molecule has 0 spiro atoms. The number of nitrogens with one attached hydrogen (secondary N) is 1. The van der Waals surface area contributed by atoms with Crippen LogP contribution in [0.2, 0.25) is 10.0 Å². The number of aromatic nitrogens is 1. The number of hydrogen-bond acceptors (Lipinski definition) is 4. The molecule has 1 heterocycles. The van der Waals surface area contributed by atoms with Crippen LogP contribution in [0.25, 0.3) is 10.9 Å². The number of amides is 1. The van der Waals surface area contributed by atoms with E-state index in [1.807, 2.05) is 56.6 Å². The zero-order valence-electron chi connectivity index (χ0n) is 20.4. The Hall–Kier alpha value is -3.32. The van der Waals surface area contributed by atoms with E-state index >= 15 is 0 Å². The third-order valence-electron chi connectivity index (χ3n) is 5.86. The minimum absolute atomic E-state index is 0.00114. The molecule has 36 heavy (non-hydrogen) atoms. The van der Waals surface area contributed by atoms with Gasteiger partial charge in [0.05, 0.1) is 22.5 Å². The van der Waals surface area contributed by atoms with Crippen LogP contribution < -0.4 is 4.90 Å². The fourth-order valence-corrected chi connectivity index (χ4v) is 4.42. The van der Waals surface area contributed by atoms with Crippen LogP contribution in [0.1, 0.15) is 24.5 Å². The number of aromatic hydroxyl groups is 1. The summed E-state index contributed by atoms with van der Waals surface area (Å²) in [5.74, 6) is -0.00419. The smallest absolute Gasteiger partial charge is 0.223 e. The van der Waals surface area contributed by atoms with Gasteiger partial charge in [0, 0.05) is 40.2 Å². The Labute approximate surface area is 220 Å². The van der Waals surface area contributed by atoms with Crippen molar-refractivity contribution in [2.45, 2.75) is 13.3 Å². The lowest BCUT2D eigenvalue weighted by molar-refractivity contribution is -0.116. The lowest BCUT2D eigenvalue weighted by Gasteiger charge is -2.22. The van der Waals surface area contributed by atoms with Crippen molar-refractivity contribution in [3.63, 3.8) is 0 Å². The Bertz CT molecular complexity index is 1390. The van der Waals surface area contributed by atoms with Crippen LogP contribution >= 0.6 is 23.2 Å². The molecule has 0 saturated heterocycles. The van der Waals surface area contributed by atoms with Gasteiger partial charge in [0.15, 0.2) is 5.88 Å². The second-order valence-corrected chi connectivity index (χ2v) is 9.72. The first kappa shape index (κ1) is 25.8. The topological polar surface area (TPSA) is 71.9 Å². The summed E-state index contributed by atoms with van der Waals surface area (Å²) in [6, 6.07) is 20.2. The second kappa shape index (κ2) is 11.2. The summed E-state index contributed by atoms with van der Waals surface area (Å²) in [7, 11) is 4.03. The van der Waals surface area contributed by atoms with Crippen molar-refractivity contribution < 1.29 is 9.90 Å². The second-order valence-electron chi connectivity index (χ2n) is 8.85. The molecule has 0 aliphatic heterocycles. The average Bonchev–Trinajstić information content (AvgIpc) is 3.15. The summed E-state index contributed by atoms with van der Waals surface area (Å²) < 4.78 is 0. The number of carbonyl (C=O) groups excluding carboxylic acids is 1. The molecule has 0 atom stereocenters. The molecule has 0 unspecified atom stereocenters. The number of nitrogens with zero attached hydrogens (tertiary/aromatic N) is 3. The van der Waals surface area contributed by atoms with Crippen molar-refractivity contribution in [3.05, 3.63) is 87.9 Å². The maximum Gasteiger partial charge on any atom is 0.223 e. The van der Waals surface area contributed by atoms with E-state index in [-0.39, 0.29) is 11.8 Å². The Morgan fingerprint density at radius 3 is 2.25 bits per heavy atom. The Balaban J connectivity index is 1.74. The molecule has 0 fully saturated rings. The fourth-order valence-electron chi connectivity index (χ4n) is 4.12. The molecule has 0 aliphatic rings. The van der Waals surface area contributed by atoms with Crippen molar-refractivity contribution in [1.82, 2.24) is 9.88 Å². The SMILES string of the molecule is CC(=O)N(CCCN(C)C)c1ccc(N=C(c2ccc(Cl)cc2)c2c(O)[nH]c3cc(Cl)ccc23)cc1. The lowest BCUT2D eigenvalue weighted by atomic mass is 10.0. The van der Waals surface area contributed by atoms with E-state index < -0.39 is 0 Å². The molecule has 0 aliphatic carbocycles. The van der Waals surface area contributed by atoms with E-state index in [9.17, 15) is 9.90 Å². The van der Waals surface area contributed by atoms with Gasteiger partial charge in [-0.15, -0.1) is 0 Å².